The van der Waals surface area contributed by atoms with E-state index in [-0.39, 0.29) is 23.8 Å². The van der Waals surface area contributed by atoms with Crippen LogP contribution in [0.5, 0.6) is 0 Å². The lowest BCUT2D eigenvalue weighted by Gasteiger charge is -2.19. The van der Waals surface area contributed by atoms with E-state index in [2.05, 4.69) is 33.8 Å². The molecule has 0 aliphatic heterocycles. The molecule has 0 aliphatic carbocycles. The fraction of sp³-hybridized carbons (Fsp3) is 0.350. The molecule has 0 saturated heterocycles. The predicted molar refractivity (Wildman–Crippen MR) is 111 cm³/mol. The summed E-state index contributed by atoms with van der Waals surface area (Å²) in [5.74, 6) is 0.587. The van der Waals surface area contributed by atoms with E-state index in [0.29, 0.717) is 12.1 Å². The number of anilines is 1. The molecule has 0 saturated carbocycles. The van der Waals surface area contributed by atoms with Gasteiger partial charge in [0, 0.05) is 44.4 Å². The lowest BCUT2D eigenvalue weighted by atomic mass is 10.2. The fourth-order valence-electron chi connectivity index (χ4n) is 2.65. The number of rotatable bonds is 10. The monoisotopic (exact) mass is 415 g/mol. The van der Waals surface area contributed by atoms with Gasteiger partial charge in [0.15, 0.2) is 0 Å². The molecule has 2 N–H and O–H groups in total. The standard InChI is InChI=1S/C20H25N5O3S/c1-3-25(4-2)19-11-6-16(14-22-19)15-23-20(26)17-7-9-18(10-8-17)29(27,28)24-13-5-12-21/h6-11,14,24H,3-5,13,15H2,1-2H3,(H,23,26). The molecule has 1 aromatic heterocycles. The first-order valence-electron chi connectivity index (χ1n) is 9.36. The molecule has 8 nitrogen and oxygen atoms in total. The van der Waals surface area contributed by atoms with E-state index in [9.17, 15) is 13.2 Å². The summed E-state index contributed by atoms with van der Waals surface area (Å²) in [5, 5.41) is 11.3. The Kier molecular flexibility index (Phi) is 8.12. The molecule has 2 aromatic rings. The Bertz CT molecular complexity index is 947. The number of aromatic nitrogens is 1. The molecule has 0 fully saturated rings. The summed E-state index contributed by atoms with van der Waals surface area (Å²) in [5.41, 5.74) is 1.23. The summed E-state index contributed by atoms with van der Waals surface area (Å²) < 4.78 is 26.5. The summed E-state index contributed by atoms with van der Waals surface area (Å²) >= 11 is 0. The quantitative estimate of drug-likeness (QED) is 0.574. The number of sulfonamides is 1. The molecule has 2 rings (SSSR count). The lowest BCUT2D eigenvalue weighted by Crippen LogP contribution is -2.25. The SMILES string of the molecule is CCN(CC)c1ccc(CNC(=O)c2ccc(S(=O)(=O)NCCC#N)cc2)cn1. The Hall–Kier alpha value is -2.96. The number of pyridine rings is 1. The first-order valence-corrected chi connectivity index (χ1v) is 10.8. The second kappa shape index (κ2) is 10.5. The Balaban J connectivity index is 1.95. The summed E-state index contributed by atoms with van der Waals surface area (Å²) in [4.78, 5) is 18.9. The van der Waals surface area contributed by atoms with Crippen molar-refractivity contribution in [3.05, 3.63) is 53.7 Å². The second-order valence-electron chi connectivity index (χ2n) is 6.21. The van der Waals surface area contributed by atoms with E-state index in [1.807, 2.05) is 18.2 Å². The summed E-state index contributed by atoms with van der Waals surface area (Å²) in [6, 6.07) is 11.4. The molecule has 154 valence electrons. The van der Waals surface area contributed by atoms with Crippen molar-refractivity contribution in [1.29, 1.82) is 5.26 Å². The van der Waals surface area contributed by atoms with Crippen molar-refractivity contribution in [2.45, 2.75) is 31.7 Å². The normalized spacial score (nSPS) is 10.9. The Morgan fingerprint density at radius 1 is 1.14 bits per heavy atom. The molecule has 29 heavy (non-hydrogen) atoms. The second-order valence-corrected chi connectivity index (χ2v) is 7.98. The van der Waals surface area contributed by atoms with Crippen LogP contribution in [0.15, 0.2) is 47.5 Å². The lowest BCUT2D eigenvalue weighted by molar-refractivity contribution is 0.0951. The number of nitrogens with zero attached hydrogens (tertiary/aromatic N) is 3. The van der Waals surface area contributed by atoms with Gasteiger partial charge in [-0.3, -0.25) is 4.79 Å². The smallest absolute Gasteiger partial charge is 0.251 e. The average Bonchev–Trinajstić information content (AvgIpc) is 2.74. The third kappa shape index (κ3) is 6.27. The molecular weight excluding hydrogens is 390 g/mol. The summed E-state index contributed by atoms with van der Waals surface area (Å²) in [7, 11) is -3.69. The number of carbonyl (C=O) groups excluding carboxylic acids is 1. The van der Waals surface area contributed by atoms with Crippen LogP contribution in [0.2, 0.25) is 0 Å². The van der Waals surface area contributed by atoms with Gasteiger partial charge in [0.25, 0.3) is 5.91 Å². The van der Waals surface area contributed by atoms with Crippen molar-refractivity contribution in [3.8, 4) is 6.07 Å². The number of hydrogen-bond donors (Lipinski definition) is 2. The van der Waals surface area contributed by atoms with Crippen molar-refractivity contribution in [2.75, 3.05) is 24.5 Å². The highest BCUT2D eigenvalue weighted by Crippen LogP contribution is 2.12. The van der Waals surface area contributed by atoms with Crippen LogP contribution < -0.4 is 14.9 Å². The summed E-state index contributed by atoms with van der Waals surface area (Å²) in [6.45, 7) is 6.25. The third-order valence-electron chi connectivity index (χ3n) is 4.31. The molecule has 1 heterocycles. The van der Waals surface area contributed by atoms with Gasteiger partial charge in [-0.05, 0) is 49.7 Å². The molecular formula is C20H25N5O3S. The van der Waals surface area contributed by atoms with Crippen LogP contribution in [0.4, 0.5) is 5.82 Å². The number of nitrogens with one attached hydrogen (secondary N) is 2. The van der Waals surface area contributed by atoms with Crippen LogP contribution in [0.1, 0.15) is 36.2 Å². The largest absolute Gasteiger partial charge is 0.357 e. The van der Waals surface area contributed by atoms with Gasteiger partial charge in [-0.2, -0.15) is 5.26 Å². The minimum atomic E-state index is -3.69. The van der Waals surface area contributed by atoms with Crippen LogP contribution in [0.3, 0.4) is 0 Å². The first-order chi connectivity index (χ1) is 13.9. The van der Waals surface area contributed by atoms with Gasteiger partial charge in [-0.1, -0.05) is 6.07 Å². The van der Waals surface area contributed by atoms with Crippen LogP contribution in [0, 0.1) is 11.3 Å². The molecule has 0 aliphatic rings. The van der Waals surface area contributed by atoms with Gasteiger partial charge in [-0.25, -0.2) is 18.1 Å². The maximum absolute atomic E-state index is 12.3. The van der Waals surface area contributed by atoms with Gasteiger partial charge in [0.1, 0.15) is 5.82 Å². The average molecular weight is 416 g/mol. The molecule has 0 spiro atoms. The maximum Gasteiger partial charge on any atom is 0.251 e. The van der Waals surface area contributed by atoms with Crippen molar-refractivity contribution >= 4 is 21.7 Å². The summed E-state index contributed by atoms with van der Waals surface area (Å²) in [6.07, 6.45) is 1.82. The van der Waals surface area contributed by atoms with Crippen LogP contribution in [-0.2, 0) is 16.6 Å². The number of carbonyl (C=O) groups is 1. The van der Waals surface area contributed by atoms with E-state index >= 15 is 0 Å². The fourth-order valence-corrected chi connectivity index (χ4v) is 3.68. The number of nitriles is 1. The molecule has 1 aromatic carbocycles. The minimum absolute atomic E-state index is 0.0438. The highest BCUT2D eigenvalue weighted by Gasteiger charge is 2.14. The maximum atomic E-state index is 12.3. The van der Waals surface area contributed by atoms with E-state index in [1.54, 1.807) is 6.20 Å². The highest BCUT2D eigenvalue weighted by molar-refractivity contribution is 7.89. The molecule has 0 radical (unpaired) electrons. The van der Waals surface area contributed by atoms with E-state index in [0.717, 1.165) is 24.5 Å². The van der Waals surface area contributed by atoms with Crippen molar-refractivity contribution in [1.82, 2.24) is 15.0 Å². The molecule has 1 amide bonds. The van der Waals surface area contributed by atoms with E-state index < -0.39 is 10.0 Å². The van der Waals surface area contributed by atoms with Crippen LogP contribution in [-0.4, -0.2) is 38.9 Å². The van der Waals surface area contributed by atoms with Gasteiger partial charge >= 0.3 is 0 Å². The molecule has 0 unspecified atom stereocenters. The zero-order valence-electron chi connectivity index (χ0n) is 16.6. The minimum Gasteiger partial charge on any atom is -0.357 e. The topological polar surface area (TPSA) is 115 Å². The Morgan fingerprint density at radius 3 is 2.38 bits per heavy atom. The Labute approximate surface area is 171 Å². The van der Waals surface area contributed by atoms with E-state index in [4.69, 9.17) is 5.26 Å². The zero-order valence-corrected chi connectivity index (χ0v) is 17.4. The van der Waals surface area contributed by atoms with E-state index in [1.165, 1.54) is 24.3 Å². The van der Waals surface area contributed by atoms with Crippen molar-refractivity contribution in [2.24, 2.45) is 0 Å². The number of benzene rings is 1. The molecule has 9 heteroatoms. The van der Waals surface area contributed by atoms with Crippen molar-refractivity contribution in [3.63, 3.8) is 0 Å². The van der Waals surface area contributed by atoms with Crippen LogP contribution >= 0.6 is 0 Å². The van der Waals surface area contributed by atoms with Gasteiger partial charge in [-0.15, -0.1) is 0 Å². The molecule has 0 atom stereocenters. The predicted octanol–water partition coefficient (Wildman–Crippen LogP) is 2.05. The molecule has 0 bridgehead atoms. The van der Waals surface area contributed by atoms with Crippen LogP contribution in [0.25, 0.3) is 0 Å². The zero-order chi connectivity index (χ0) is 21.3. The van der Waals surface area contributed by atoms with Crippen molar-refractivity contribution < 1.29 is 13.2 Å². The number of amides is 1. The van der Waals surface area contributed by atoms with Gasteiger partial charge < -0.3 is 10.2 Å². The first kappa shape index (κ1) is 22.3. The van der Waals surface area contributed by atoms with Gasteiger partial charge in [0.2, 0.25) is 10.0 Å². The number of hydrogen-bond acceptors (Lipinski definition) is 6. The third-order valence-corrected chi connectivity index (χ3v) is 5.78. The highest BCUT2D eigenvalue weighted by atomic mass is 32.2. The van der Waals surface area contributed by atoms with Gasteiger partial charge in [0.05, 0.1) is 11.0 Å². The Morgan fingerprint density at radius 2 is 1.83 bits per heavy atom.